The molecule has 0 spiro atoms. The summed E-state index contributed by atoms with van der Waals surface area (Å²) in [6, 6.07) is 9.18. The molecule has 10 heteroatoms. The topological polar surface area (TPSA) is 102 Å². The van der Waals surface area contributed by atoms with E-state index in [1.165, 1.54) is 31.2 Å². The monoisotopic (exact) mass is 520 g/mol. The Balaban J connectivity index is 2.34. The summed E-state index contributed by atoms with van der Waals surface area (Å²) in [6.45, 7) is 7.71. The number of rotatable bonds is 5. The highest BCUT2D eigenvalue weighted by Crippen LogP contribution is 2.47. The van der Waals surface area contributed by atoms with Crippen LogP contribution < -0.4 is 10.2 Å². The number of carbonyl (C=O) groups excluding carboxylic acids is 4. The average Bonchev–Trinajstić information content (AvgIpc) is 2.99. The summed E-state index contributed by atoms with van der Waals surface area (Å²) in [4.78, 5) is 54.8. The Morgan fingerprint density at radius 3 is 2.31 bits per heavy atom. The fourth-order valence-electron chi connectivity index (χ4n) is 4.14. The summed E-state index contributed by atoms with van der Waals surface area (Å²) in [5, 5.41) is 3.18. The molecule has 2 atom stereocenters. The molecule has 1 N–H and O–H groups in total. The van der Waals surface area contributed by atoms with Crippen LogP contribution in [-0.4, -0.2) is 41.5 Å². The first-order valence-electron chi connectivity index (χ1n) is 10.9. The number of ether oxygens (including phenoxy) is 2. The number of esters is 1. The molecular weight excluding hydrogens is 495 g/mol. The Morgan fingerprint density at radius 1 is 1.09 bits per heavy atom. The van der Waals surface area contributed by atoms with Gasteiger partial charge in [0.1, 0.15) is 5.60 Å². The predicted octanol–water partition coefficient (Wildman–Crippen LogP) is 5.11. The molecule has 1 heterocycles. The lowest BCUT2D eigenvalue weighted by Gasteiger charge is -2.40. The van der Waals surface area contributed by atoms with Crippen LogP contribution in [0.4, 0.5) is 10.5 Å². The van der Waals surface area contributed by atoms with Gasteiger partial charge >= 0.3 is 12.1 Å². The van der Waals surface area contributed by atoms with E-state index in [0.29, 0.717) is 0 Å². The van der Waals surface area contributed by atoms with Gasteiger partial charge in [0.2, 0.25) is 17.2 Å². The largest absolute Gasteiger partial charge is 0.464 e. The predicted molar refractivity (Wildman–Crippen MR) is 132 cm³/mol. The lowest BCUT2D eigenvalue weighted by atomic mass is 9.80. The summed E-state index contributed by atoms with van der Waals surface area (Å²) in [5.41, 5.74) is -2.71. The Morgan fingerprint density at radius 2 is 1.74 bits per heavy atom. The number of carbonyl (C=O) groups is 4. The van der Waals surface area contributed by atoms with E-state index in [4.69, 9.17) is 32.7 Å². The fraction of sp³-hybridized carbons (Fsp3) is 0.360. The smallest absolute Gasteiger partial charge is 0.408 e. The molecule has 2 amide bonds. The van der Waals surface area contributed by atoms with Crippen LogP contribution in [0, 0.1) is 0 Å². The van der Waals surface area contributed by atoms with Crippen molar-refractivity contribution in [2.45, 2.75) is 51.8 Å². The summed E-state index contributed by atoms with van der Waals surface area (Å²) in [6.07, 6.45) is -0.906. The number of hydrogen-bond acceptors (Lipinski definition) is 6. The fourth-order valence-corrected chi connectivity index (χ4v) is 4.51. The van der Waals surface area contributed by atoms with Gasteiger partial charge in [0.05, 0.1) is 18.3 Å². The SMILES string of the molecule is CCOC(=O)[C@]1([C@H](NC(=O)OC(C)(C)C)c2cccc(Cl)c2)C(=O)c2ccc(Cl)cc2N1C(C)=O. The summed E-state index contributed by atoms with van der Waals surface area (Å²) >= 11 is 12.4. The maximum Gasteiger partial charge on any atom is 0.408 e. The van der Waals surface area contributed by atoms with Gasteiger partial charge in [0.15, 0.2) is 0 Å². The molecule has 1 aliphatic rings. The highest BCUT2D eigenvalue weighted by Gasteiger charge is 2.65. The van der Waals surface area contributed by atoms with Gasteiger partial charge in [-0.25, -0.2) is 9.59 Å². The standard InChI is InChI=1S/C25H26Cl2N2O6/c1-6-34-22(32)25(21(31)18-11-10-17(27)13-19(18)29(25)14(2)30)20(15-8-7-9-16(26)12-15)28-23(33)35-24(3,4)5/h7-13,20H,6H2,1-5H3,(H,28,33)/t20-,25+/m1/s1. The molecule has 8 nitrogen and oxygen atoms in total. The Bertz CT molecular complexity index is 1190. The third-order valence-corrected chi connectivity index (χ3v) is 5.78. The number of alkyl carbamates (subject to hydrolysis) is 1. The molecule has 0 fully saturated rings. The summed E-state index contributed by atoms with van der Waals surface area (Å²) in [7, 11) is 0. The molecule has 1 aliphatic heterocycles. The molecular formula is C25H26Cl2N2O6. The van der Waals surface area contributed by atoms with E-state index >= 15 is 0 Å². The van der Waals surface area contributed by atoms with Gasteiger partial charge in [0.25, 0.3) is 0 Å². The van der Waals surface area contributed by atoms with Gasteiger partial charge in [-0.1, -0.05) is 35.3 Å². The Labute approximate surface area is 213 Å². The van der Waals surface area contributed by atoms with Crippen LogP contribution >= 0.6 is 23.2 Å². The van der Waals surface area contributed by atoms with E-state index in [9.17, 15) is 19.2 Å². The zero-order chi connectivity index (χ0) is 26.1. The van der Waals surface area contributed by atoms with Crippen LogP contribution in [0.5, 0.6) is 0 Å². The van der Waals surface area contributed by atoms with Crippen molar-refractivity contribution >= 4 is 52.6 Å². The molecule has 0 radical (unpaired) electrons. The van der Waals surface area contributed by atoms with Gasteiger partial charge in [-0.15, -0.1) is 0 Å². The van der Waals surface area contributed by atoms with Crippen molar-refractivity contribution in [1.29, 1.82) is 0 Å². The van der Waals surface area contributed by atoms with Gasteiger partial charge in [0, 0.05) is 22.5 Å². The van der Waals surface area contributed by atoms with Crippen LogP contribution in [-0.2, 0) is 19.1 Å². The number of ketones is 1. The van der Waals surface area contributed by atoms with Gasteiger partial charge in [-0.05, 0) is 63.6 Å². The molecule has 186 valence electrons. The highest BCUT2D eigenvalue weighted by atomic mass is 35.5. The summed E-state index contributed by atoms with van der Waals surface area (Å²) < 4.78 is 10.8. The molecule has 2 aromatic carbocycles. The second kappa shape index (κ2) is 9.87. The molecule has 2 aromatic rings. The van der Waals surface area contributed by atoms with Crippen molar-refractivity contribution in [1.82, 2.24) is 5.32 Å². The maximum atomic E-state index is 14.1. The minimum absolute atomic E-state index is 0.0780. The van der Waals surface area contributed by atoms with Crippen molar-refractivity contribution in [2.75, 3.05) is 11.5 Å². The second-order valence-electron chi connectivity index (χ2n) is 8.97. The number of anilines is 1. The van der Waals surface area contributed by atoms with Gasteiger partial charge < -0.3 is 14.8 Å². The Hall–Kier alpha value is -3.10. The molecule has 0 saturated carbocycles. The number of nitrogens with one attached hydrogen (secondary N) is 1. The molecule has 0 unspecified atom stereocenters. The van der Waals surface area contributed by atoms with Gasteiger partial charge in [-0.2, -0.15) is 0 Å². The lowest BCUT2D eigenvalue weighted by Crippen LogP contribution is -2.66. The average molecular weight is 521 g/mol. The number of hydrogen-bond donors (Lipinski definition) is 1. The normalized spacial score (nSPS) is 18.0. The first-order valence-corrected chi connectivity index (χ1v) is 11.7. The van der Waals surface area contributed by atoms with Crippen molar-refractivity contribution in [3.8, 4) is 0 Å². The minimum Gasteiger partial charge on any atom is -0.464 e. The number of Topliss-reactive ketones (excluding diaryl/α,β-unsaturated/α-hetero) is 1. The summed E-state index contributed by atoms with van der Waals surface area (Å²) in [5.74, 6) is -2.39. The zero-order valence-corrected chi connectivity index (χ0v) is 21.5. The zero-order valence-electron chi connectivity index (χ0n) is 20.0. The molecule has 0 aromatic heterocycles. The number of nitrogens with zero attached hydrogens (tertiary/aromatic N) is 1. The third kappa shape index (κ3) is 4.99. The Kier molecular flexibility index (Phi) is 7.48. The van der Waals surface area contributed by atoms with Crippen LogP contribution in [0.25, 0.3) is 0 Å². The van der Waals surface area contributed by atoms with E-state index in [1.807, 2.05) is 0 Å². The molecule has 3 rings (SSSR count). The van der Waals surface area contributed by atoms with E-state index in [0.717, 1.165) is 4.90 Å². The molecule has 0 aliphatic carbocycles. The number of benzene rings is 2. The van der Waals surface area contributed by atoms with E-state index in [1.54, 1.807) is 45.9 Å². The van der Waals surface area contributed by atoms with Gasteiger partial charge in [-0.3, -0.25) is 14.5 Å². The lowest BCUT2D eigenvalue weighted by molar-refractivity contribution is -0.150. The van der Waals surface area contributed by atoms with Crippen molar-refractivity contribution in [2.24, 2.45) is 0 Å². The first-order chi connectivity index (χ1) is 16.3. The van der Waals surface area contributed by atoms with Crippen LogP contribution in [0.15, 0.2) is 42.5 Å². The third-order valence-electron chi connectivity index (χ3n) is 5.31. The number of amides is 2. The number of halogens is 2. The van der Waals surface area contributed by atoms with Crippen molar-refractivity contribution in [3.05, 3.63) is 63.6 Å². The van der Waals surface area contributed by atoms with E-state index in [-0.39, 0.29) is 33.5 Å². The van der Waals surface area contributed by atoms with E-state index < -0.39 is 40.9 Å². The maximum absolute atomic E-state index is 14.1. The number of fused-ring (bicyclic) bond motifs is 1. The van der Waals surface area contributed by atoms with Crippen molar-refractivity contribution in [3.63, 3.8) is 0 Å². The highest BCUT2D eigenvalue weighted by molar-refractivity contribution is 6.34. The van der Waals surface area contributed by atoms with Crippen molar-refractivity contribution < 1.29 is 28.7 Å². The van der Waals surface area contributed by atoms with Crippen LogP contribution in [0.1, 0.15) is 56.6 Å². The first kappa shape index (κ1) is 26.5. The second-order valence-corrected chi connectivity index (χ2v) is 9.84. The minimum atomic E-state index is -2.32. The van der Waals surface area contributed by atoms with E-state index in [2.05, 4.69) is 5.32 Å². The molecule has 0 saturated heterocycles. The van der Waals surface area contributed by atoms with Crippen LogP contribution in [0.2, 0.25) is 10.0 Å². The molecule has 35 heavy (non-hydrogen) atoms. The van der Waals surface area contributed by atoms with Crippen LogP contribution in [0.3, 0.4) is 0 Å². The quantitative estimate of drug-likeness (QED) is 0.434. The molecule has 0 bridgehead atoms.